The number of sulfonamides is 1. The van der Waals surface area contributed by atoms with Gasteiger partial charge in [-0.15, -0.1) is 0 Å². The summed E-state index contributed by atoms with van der Waals surface area (Å²) in [6.07, 6.45) is -4.35. The van der Waals surface area contributed by atoms with E-state index in [1.54, 1.807) is 20.8 Å². The largest absolute Gasteiger partial charge is 0.465 e. The molecule has 1 heterocycles. The highest BCUT2D eigenvalue weighted by atomic mass is 32.2. The number of hydrogen-bond donors (Lipinski definition) is 1. The molecular formula is C19H25F3N2O4S. The van der Waals surface area contributed by atoms with Crippen molar-refractivity contribution in [2.24, 2.45) is 11.8 Å². The molecule has 1 aromatic rings. The summed E-state index contributed by atoms with van der Waals surface area (Å²) in [5.41, 5.74) is -1.65. The van der Waals surface area contributed by atoms with Crippen molar-refractivity contribution >= 4 is 16.1 Å². The zero-order valence-corrected chi connectivity index (χ0v) is 17.3. The molecule has 2 aliphatic rings. The van der Waals surface area contributed by atoms with Crippen molar-refractivity contribution in [3.8, 4) is 0 Å². The van der Waals surface area contributed by atoms with Crippen molar-refractivity contribution in [2.75, 3.05) is 13.1 Å². The monoisotopic (exact) mass is 434 g/mol. The summed E-state index contributed by atoms with van der Waals surface area (Å²) in [5, 5.41) is 9.69. The number of nitrogens with zero attached hydrogens (tertiary/aromatic N) is 2. The Hall–Kier alpha value is -1.81. The third-order valence-corrected chi connectivity index (χ3v) is 7.67. The molecule has 162 valence electrons. The van der Waals surface area contributed by atoms with Gasteiger partial charge in [0.15, 0.2) is 0 Å². The van der Waals surface area contributed by atoms with Gasteiger partial charge in [-0.05, 0) is 63.6 Å². The van der Waals surface area contributed by atoms with E-state index >= 15 is 0 Å². The lowest BCUT2D eigenvalue weighted by molar-refractivity contribution is -0.137. The van der Waals surface area contributed by atoms with Crippen LogP contribution in [0.1, 0.15) is 39.2 Å². The van der Waals surface area contributed by atoms with Gasteiger partial charge in [0.1, 0.15) is 0 Å². The molecule has 3 rings (SSSR count). The standard InChI is InChI=1S/C19H25F3N2O4S/c1-18(2,3)24(17(25)26)16-8-7-12-10-23(11-15(12)16)29(27,28)14-6-4-5-13(9-14)19(20,21)22/h4-6,9,12,15-16H,7-8,10-11H2,1-3H3,(H,25,26)/t12-,15+,16+/m1/s1. The van der Waals surface area contributed by atoms with E-state index in [4.69, 9.17) is 0 Å². The van der Waals surface area contributed by atoms with Crippen LogP contribution >= 0.6 is 0 Å². The van der Waals surface area contributed by atoms with Crippen molar-refractivity contribution in [3.05, 3.63) is 29.8 Å². The molecule has 1 N–H and O–H groups in total. The molecule has 0 radical (unpaired) electrons. The van der Waals surface area contributed by atoms with Gasteiger partial charge in [0.05, 0.1) is 10.5 Å². The Balaban J connectivity index is 1.86. The number of rotatable bonds is 3. The van der Waals surface area contributed by atoms with Crippen LogP contribution in [0, 0.1) is 11.8 Å². The van der Waals surface area contributed by atoms with Crippen LogP contribution in [0.3, 0.4) is 0 Å². The van der Waals surface area contributed by atoms with Crippen molar-refractivity contribution < 1.29 is 31.5 Å². The van der Waals surface area contributed by atoms with E-state index in [2.05, 4.69) is 0 Å². The van der Waals surface area contributed by atoms with Crippen LogP contribution in [0.5, 0.6) is 0 Å². The first kappa shape index (κ1) is 21.9. The summed E-state index contributed by atoms with van der Waals surface area (Å²) in [6.45, 7) is 5.67. The zero-order chi connectivity index (χ0) is 21.8. The average Bonchev–Trinajstić information content (AvgIpc) is 3.15. The lowest BCUT2D eigenvalue weighted by Crippen LogP contribution is -2.53. The van der Waals surface area contributed by atoms with Gasteiger partial charge in [-0.3, -0.25) is 0 Å². The Morgan fingerprint density at radius 2 is 1.83 bits per heavy atom. The topological polar surface area (TPSA) is 77.9 Å². The maximum absolute atomic E-state index is 13.0. The lowest BCUT2D eigenvalue weighted by atomic mass is 9.93. The molecule has 0 spiro atoms. The summed E-state index contributed by atoms with van der Waals surface area (Å²) < 4.78 is 66.1. The fourth-order valence-electron chi connectivity index (χ4n) is 4.62. The fourth-order valence-corrected chi connectivity index (χ4v) is 6.20. The fraction of sp³-hybridized carbons (Fsp3) is 0.632. The Morgan fingerprint density at radius 3 is 2.38 bits per heavy atom. The lowest BCUT2D eigenvalue weighted by Gasteiger charge is -2.40. The number of carbonyl (C=O) groups is 1. The van der Waals surface area contributed by atoms with E-state index in [9.17, 15) is 31.5 Å². The number of alkyl halides is 3. The number of fused-ring (bicyclic) bond motifs is 1. The number of benzene rings is 1. The number of halogens is 3. The minimum absolute atomic E-state index is 0.00947. The van der Waals surface area contributed by atoms with Crippen molar-refractivity contribution in [3.63, 3.8) is 0 Å². The SMILES string of the molecule is CC(C)(C)N(C(=O)O)[C@H]1CC[C@@H]2CN(S(=O)(=O)c3cccc(C(F)(F)F)c3)C[C@@H]21. The summed E-state index contributed by atoms with van der Waals surface area (Å²) >= 11 is 0. The van der Waals surface area contributed by atoms with Crippen LogP contribution in [0.2, 0.25) is 0 Å². The van der Waals surface area contributed by atoms with Crippen LogP contribution < -0.4 is 0 Å². The van der Waals surface area contributed by atoms with E-state index in [-0.39, 0.29) is 31.0 Å². The quantitative estimate of drug-likeness (QED) is 0.783. The van der Waals surface area contributed by atoms with E-state index in [1.807, 2.05) is 0 Å². The highest BCUT2D eigenvalue weighted by Gasteiger charge is 2.51. The van der Waals surface area contributed by atoms with E-state index < -0.39 is 38.3 Å². The zero-order valence-electron chi connectivity index (χ0n) is 16.5. The molecule has 1 aliphatic carbocycles. The van der Waals surface area contributed by atoms with Crippen LogP contribution in [0.15, 0.2) is 29.2 Å². The number of hydrogen-bond acceptors (Lipinski definition) is 3. The first-order valence-corrected chi connectivity index (χ1v) is 10.9. The number of amides is 1. The molecular weight excluding hydrogens is 409 g/mol. The molecule has 10 heteroatoms. The minimum atomic E-state index is -4.63. The maximum atomic E-state index is 13.0. The normalized spacial score (nSPS) is 25.8. The van der Waals surface area contributed by atoms with Crippen LogP contribution in [-0.4, -0.2) is 53.5 Å². The predicted octanol–water partition coefficient (Wildman–Crippen LogP) is 3.88. The number of carboxylic acid groups (broad SMARTS) is 1. The molecule has 1 saturated carbocycles. The van der Waals surface area contributed by atoms with Gasteiger partial charge in [0.2, 0.25) is 10.0 Å². The second-order valence-electron chi connectivity index (χ2n) is 8.74. The molecule has 0 aromatic heterocycles. The highest BCUT2D eigenvalue weighted by Crippen LogP contribution is 2.44. The third-order valence-electron chi connectivity index (χ3n) is 5.85. The van der Waals surface area contributed by atoms with E-state index in [0.29, 0.717) is 18.9 Å². The van der Waals surface area contributed by atoms with Gasteiger partial charge >= 0.3 is 12.3 Å². The molecule has 6 nitrogen and oxygen atoms in total. The summed E-state index contributed by atoms with van der Waals surface area (Å²) in [7, 11) is -4.10. The van der Waals surface area contributed by atoms with Gasteiger partial charge in [-0.2, -0.15) is 17.5 Å². The molecule has 0 unspecified atom stereocenters. The Morgan fingerprint density at radius 1 is 1.17 bits per heavy atom. The Labute approximate surface area is 168 Å². The molecule has 0 bridgehead atoms. The van der Waals surface area contributed by atoms with E-state index in [0.717, 1.165) is 18.2 Å². The predicted molar refractivity (Wildman–Crippen MR) is 99.8 cm³/mol. The molecule has 3 atom stereocenters. The molecule has 1 aromatic carbocycles. The molecule has 2 fully saturated rings. The maximum Gasteiger partial charge on any atom is 0.416 e. The molecule has 1 amide bonds. The molecule has 1 aliphatic heterocycles. The molecule has 29 heavy (non-hydrogen) atoms. The van der Waals surface area contributed by atoms with Gasteiger partial charge < -0.3 is 10.0 Å². The first-order valence-electron chi connectivity index (χ1n) is 9.42. The van der Waals surface area contributed by atoms with E-state index in [1.165, 1.54) is 9.21 Å². The third kappa shape index (κ3) is 4.09. The first-order chi connectivity index (χ1) is 13.2. The smallest absolute Gasteiger partial charge is 0.416 e. The second-order valence-corrected chi connectivity index (χ2v) is 10.7. The second kappa shape index (κ2) is 7.16. The van der Waals surface area contributed by atoms with Crippen molar-refractivity contribution in [2.45, 2.75) is 56.3 Å². The van der Waals surface area contributed by atoms with Crippen molar-refractivity contribution in [1.82, 2.24) is 9.21 Å². The van der Waals surface area contributed by atoms with Gasteiger partial charge in [0.25, 0.3) is 0 Å². The molecule has 1 saturated heterocycles. The minimum Gasteiger partial charge on any atom is -0.465 e. The summed E-state index contributed by atoms with van der Waals surface area (Å²) in [6, 6.07) is 3.41. The van der Waals surface area contributed by atoms with Crippen LogP contribution in [0.4, 0.5) is 18.0 Å². The van der Waals surface area contributed by atoms with Gasteiger partial charge in [-0.25, -0.2) is 13.2 Å². The van der Waals surface area contributed by atoms with Crippen molar-refractivity contribution in [1.29, 1.82) is 0 Å². The van der Waals surface area contributed by atoms with Gasteiger partial charge in [0, 0.05) is 24.7 Å². The summed E-state index contributed by atoms with van der Waals surface area (Å²) in [5.74, 6) is -0.185. The summed E-state index contributed by atoms with van der Waals surface area (Å²) in [4.78, 5) is 12.8. The van der Waals surface area contributed by atoms with Crippen LogP contribution in [0.25, 0.3) is 0 Å². The average molecular weight is 434 g/mol. The Kier molecular flexibility index (Phi) is 5.40. The van der Waals surface area contributed by atoms with Crippen LogP contribution in [-0.2, 0) is 16.2 Å². The highest BCUT2D eigenvalue weighted by molar-refractivity contribution is 7.89. The Bertz CT molecular complexity index is 895. The van der Waals surface area contributed by atoms with Gasteiger partial charge in [-0.1, -0.05) is 6.07 Å².